The van der Waals surface area contributed by atoms with Crippen molar-refractivity contribution in [2.75, 3.05) is 20.8 Å². The van der Waals surface area contributed by atoms with Crippen molar-refractivity contribution in [3.8, 4) is 0 Å². The van der Waals surface area contributed by atoms with E-state index in [2.05, 4.69) is 4.99 Å². The van der Waals surface area contributed by atoms with Crippen molar-refractivity contribution in [3.05, 3.63) is 0 Å². The highest BCUT2D eigenvalue weighted by atomic mass is 16.7. The predicted molar refractivity (Wildman–Crippen MR) is 66.6 cm³/mol. The van der Waals surface area contributed by atoms with Crippen molar-refractivity contribution in [2.24, 2.45) is 4.99 Å². The molecule has 102 valence electrons. The fraction of sp³-hybridized carbons (Fsp3) is 0.846. The summed E-state index contributed by atoms with van der Waals surface area (Å²) in [5, 5.41) is 0. The molecule has 2 fully saturated rings. The summed E-state index contributed by atoms with van der Waals surface area (Å²) in [6.07, 6.45) is 5.19. The number of aliphatic imine (C=N–C) groups is 1. The van der Waals surface area contributed by atoms with Crippen molar-refractivity contribution >= 4 is 11.7 Å². The van der Waals surface area contributed by atoms with Gasteiger partial charge in [0, 0.05) is 14.2 Å². The molecule has 0 radical (unpaired) electrons. The van der Waals surface area contributed by atoms with Gasteiger partial charge in [-0.05, 0) is 25.7 Å². The Hall–Kier alpha value is -0.940. The van der Waals surface area contributed by atoms with Gasteiger partial charge in [0.1, 0.15) is 0 Å². The molecule has 2 rings (SSSR count). The normalized spacial score (nSPS) is 25.1. The van der Waals surface area contributed by atoms with Crippen molar-refractivity contribution in [1.29, 1.82) is 0 Å². The number of rotatable bonds is 4. The zero-order valence-electron chi connectivity index (χ0n) is 11.1. The van der Waals surface area contributed by atoms with Crippen LogP contribution in [0.2, 0.25) is 0 Å². The quantitative estimate of drug-likeness (QED) is 0.566. The van der Waals surface area contributed by atoms with Crippen LogP contribution in [0.5, 0.6) is 0 Å². The summed E-state index contributed by atoms with van der Waals surface area (Å²) in [5.41, 5.74) is 0.466. The molecule has 1 heterocycles. The lowest BCUT2D eigenvalue weighted by Gasteiger charge is -2.32. The van der Waals surface area contributed by atoms with E-state index in [0.717, 1.165) is 31.4 Å². The van der Waals surface area contributed by atoms with Gasteiger partial charge in [0.15, 0.2) is 11.9 Å². The first-order valence-corrected chi connectivity index (χ1v) is 6.51. The highest BCUT2D eigenvalue weighted by Crippen LogP contribution is 2.38. The largest absolute Gasteiger partial charge is 0.453 e. The maximum Gasteiger partial charge on any atom is 0.312 e. The van der Waals surface area contributed by atoms with Gasteiger partial charge < -0.3 is 14.2 Å². The average Bonchev–Trinajstić information content (AvgIpc) is 2.67. The van der Waals surface area contributed by atoms with Gasteiger partial charge in [0.2, 0.25) is 0 Å². The minimum absolute atomic E-state index is 0.151. The second-order valence-electron chi connectivity index (χ2n) is 4.89. The van der Waals surface area contributed by atoms with E-state index in [0.29, 0.717) is 13.0 Å². The van der Waals surface area contributed by atoms with E-state index in [-0.39, 0.29) is 12.3 Å². The monoisotopic (exact) mass is 255 g/mol. The molecule has 0 aromatic heterocycles. The van der Waals surface area contributed by atoms with Crippen LogP contribution >= 0.6 is 0 Å². The number of methoxy groups -OCH3 is 2. The van der Waals surface area contributed by atoms with Gasteiger partial charge in [-0.1, -0.05) is 6.42 Å². The van der Waals surface area contributed by atoms with Crippen LogP contribution in [-0.2, 0) is 19.0 Å². The second kappa shape index (κ2) is 5.80. The molecular formula is C13H21NO4. The molecule has 5 nitrogen and oxygen atoms in total. The van der Waals surface area contributed by atoms with Crippen molar-refractivity contribution in [2.45, 2.75) is 50.4 Å². The van der Waals surface area contributed by atoms with E-state index in [1.807, 2.05) is 0 Å². The minimum Gasteiger partial charge on any atom is -0.453 e. The Morgan fingerprint density at radius 3 is 2.56 bits per heavy atom. The topological polar surface area (TPSA) is 57.1 Å². The van der Waals surface area contributed by atoms with Gasteiger partial charge in [-0.2, -0.15) is 0 Å². The number of hydrogen-bond acceptors (Lipinski definition) is 5. The molecule has 1 saturated heterocycles. The molecule has 1 aliphatic carbocycles. The summed E-state index contributed by atoms with van der Waals surface area (Å²) in [4.78, 5) is 16.1. The molecule has 0 atom stereocenters. The Balaban J connectivity index is 2.08. The number of carbonyl (C=O) groups excluding carboxylic acids is 1. The summed E-state index contributed by atoms with van der Waals surface area (Å²) in [6.45, 7) is 0.417. The van der Waals surface area contributed by atoms with Crippen molar-refractivity contribution in [1.82, 2.24) is 0 Å². The molecule has 5 heteroatoms. The van der Waals surface area contributed by atoms with Crippen molar-refractivity contribution < 1.29 is 19.0 Å². The van der Waals surface area contributed by atoms with Gasteiger partial charge >= 0.3 is 5.97 Å². The molecular weight excluding hydrogens is 234 g/mol. The first-order valence-electron chi connectivity index (χ1n) is 6.51. The first kappa shape index (κ1) is 13.5. The summed E-state index contributed by atoms with van der Waals surface area (Å²) >= 11 is 0. The molecule has 2 aliphatic rings. The molecule has 1 aliphatic heterocycles. The molecule has 0 N–H and O–H groups in total. The van der Waals surface area contributed by atoms with Crippen molar-refractivity contribution in [3.63, 3.8) is 0 Å². The Morgan fingerprint density at radius 1 is 1.28 bits per heavy atom. The first-order chi connectivity index (χ1) is 8.70. The van der Waals surface area contributed by atoms with Crippen LogP contribution < -0.4 is 0 Å². The number of esters is 1. The lowest BCUT2D eigenvalue weighted by Crippen LogP contribution is -2.38. The third kappa shape index (κ3) is 2.72. The summed E-state index contributed by atoms with van der Waals surface area (Å²) in [5.74, 6) is -0.151. The van der Waals surface area contributed by atoms with E-state index in [1.54, 1.807) is 14.2 Å². The maximum atomic E-state index is 11.5. The van der Waals surface area contributed by atoms with Crippen LogP contribution in [0.15, 0.2) is 4.99 Å². The van der Waals surface area contributed by atoms with E-state index in [1.165, 1.54) is 6.42 Å². The third-order valence-corrected chi connectivity index (χ3v) is 3.77. The smallest absolute Gasteiger partial charge is 0.312 e. The van der Waals surface area contributed by atoms with E-state index in [9.17, 15) is 4.79 Å². The molecule has 18 heavy (non-hydrogen) atoms. The summed E-state index contributed by atoms with van der Waals surface area (Å²) in [7, 11) is 3.17. The standard InChI is InChI=1S/C13H21NO4/c1-16-12(17-2)9-14-10-8-11(15)18-13(10)6-4-3-5-7-13/h12H,3-9H2,1-2H3. The summed E-state index contributed by atoms with van der Waals surface area (Å²) in [6, 6.07) is 0. The zero-order valence-corrected chi connectivity index (χ0v) is 11.1. The lowest BCUT2D eigenvalue weighted by atomic mass is 9.81. The predicted octanol–water partition coefficient (Wildman–Crippen LogP) is 1.70. The summed E-state index contributed by atoms with van der Waals surface area (Å²) < 4.78 is 15.8. The average molecular weight is 255 g/mol. The second-order valence-corrected chi connectivity index (χ2v) is 4.89. The zero-order chi connectivity index (χ0) is 13.0. The Morgan fingerprint density at radius 2 is 1.94 bits per heavy atom. The lowest BCUT2D eigenvalue weighted by molar-refractivity contribution is -0.148. The molecule has 0 bridgehead atoms. The Labute approximate surface area is 108 Å². The van der Waals surface area contributed by atoms with Gasteiger partial charge in [0.05, 0.1) is 18.7 Å². The van der Waals surface area contributed by atoms with E-state index < -0.39 is 5.60 Å². The molecule has 1 spiro atoms. The van der Waals surface area contributed by atoms with Crippen LogP contribution in [0.1, 0.15) is 38.5 Å². The third-order valence-electron chi connectivity index (χ3n) is 3.77. The molecule has 0 aromatic carbocycles. The highest BCUT2D eigenvalue weighted by Gasteiger charge is 2.46. The van der Waals surface area contributed by atoms with E-state index >= 15 is 0 Å². The maximum absolute atomic E-state index is 11.5. The molecule has 0 aromatic rings. The van der Waals surface area contributed by atoms with Gasteiger partial charge in [0.25, 0.3) is 0 Å². The van der Waals surface area contributed by atoms with Crippen LogP contribution in [0.25, 0.3) is 0 Å². The van der Waals surface area contributed by atoms with Gasteiger partial charge in [-0.3, -0.25) is 9.79 Å². The Bertz CT molecular complexity index is 330. The number of carbonyl (C=O) groups is 1. The van der Waals surface area contributed by atoms with Crippen LogP contribution in [-0.4, -0.2) is 44.3 Å². The fourth-order valence-corrected chi connectivity index (χ4v) is 2.75. The minimum atomic E-state index is -0.415. The molecule has 0 amide bonds. The Kier molecular flexibility index (Phi) is 4.35. The fourth-order valence-electron chi connectivity index (χ4n) is 2.75. The molecule has 1 saturated carbocycles. The van der Waals surface area contributed by atoms with Crippen LogP contribution in [0, 0.1) is 0 Å². The van der Waals surface area contributed by atoms with E-state index in [4.69, 9.17) is 14.2 Å². The van der Waals surface area contributed by atoms with Crippen LogP contribution in [0.4, 0.5) is 0 Å². The number of ether oxygens (including phenoxy) is 3. The SMILES string of the molecule is COC(CN=C1CC(=O)OC12CCCCC2)OC. The van der Waals surface area contributed by atoms with Crippen LogP contribution in [0.3, 0.4) is 0 Å². The van der Waals surface area contributed by atoms with Gasteiger partial charge in [-0.15, -0.1) is 0 Å². The molecule has 0 unspecified atom stereocenters. The number of hydrogen-bond donors (Lipinski definition) is 0. The van der Waals surface area contributed by atoms with Gasteiger partial charge in [-0.25, -0.2) is 0 Å². The number of nitrogens with zero attached hydrogens (tertiary/aromatic N) is 1. The highest BCUT2D eigenvalue weighted by molar-refractivity contribution is 6.09.